The molecule has 0 spiro atoms. The van der Waals surface area contributed by atoms with Crippen LogP contribution in [0.5, 0.6) is 0 Å². The van der Waals surface area contributed by atoms with Gasteiger partial charge in [-0.15, -0.1) is 0 Å². The van der Waals surface area contributed by atoms with Gasteiger partial charge in [0, 0.05) is 23.5 Å². The summed E-state index contributed by atoms with van der Waals surface area (Å²) in [4.78, 5) is 8.83. The molecule has 156 valence electrons. The molecule has 2 N–H and O–H groups in total. The van der Waals surface area contributed by atoms with Gasteiger partial charge in [0.15, 0.2) is 0 Å². The van der Waals surface area contributed by atoms with E-state index in [4.69, 9.17) is 12.2 Å². The van der Waals surface area contributed by atoms with Crippen molar-refractivity contribution in [1.29, 1.82) is 0 Å². The highest BCUT2D eigenvalue weighted by Gasteiger charge is 2.10. The smallest absolute Gasteiger partial charge is 0.207 e. The number of hydrogen-bond donors (Lipinski definition) is 2. The molecule has 0 bridgehead atoms. The average Bonchev–Trinajstić information content (AvgIpc) is 2.87. The number of nitrogens with one attached hydrogen (secondary N) is 2. The second-order valence-electron chi connectivity index (χ2n) is 6.64. The largest absolute Gasteiger partial charge is 0.255 e. The summed E-state index contributed by atoms with van der Waals surface area (Å²) in [5, 5.41) is 9.26. The zero-order valence-corrected chi connectivity index (χ0v) is 17.9. The number of hydrogen-bond acceptors (Lipinski definition) is 5. The van der Waals surface area contributed by atoms with Gasteiger partial charge in [0.2, 0.25) is 5.11 Å². The van der Waals surface area contributed by atoms with E-state index in [1.807, 2.05) is 97.1 Å². The lowest BCUT2D eigenvalue weighted by molar-refractivity contribution is 0.925. The number of thiocarbonyl (C=S) groups is 1. The summed E-state index contributed by atoms with van der Waals surface area (Å²) < 4.78 is 0. The van der Waals surface area contributed by atoms with Crippen LogP contribution in [0.25, 0.3) is 0 Å². The van der Waals surface area contributed by atoms with Crippen LogP contribution < -0.4 is 10.9 Å². The first kappa shape index (κ1) is 21.0. The van der Waals surface area contributed by atoms with Crippen molar-refractivity contribution in [2.24, 2.45) is 10.2 Å². The standard InChI is InChI=1S/C25H20N6S/c32-25(30-28-23(19-11-3-1-4-12-19)21-15-7-9-17-26-21)31-29-24(20-13-5-2-6-14-20)22-16-8-10-18-27-22/h1-18H,(H2,30,31,32)/b28-23-,29-24-. The SMILES string of the molecule is S=C(N/N=C(/c1ccccc1)c1ccccn1)N/N=C(/c1ccccc1)c1ccccn1. The Morgan fingerprint density at radius 3 is 1.34 bits per heavy atom. The molecule has 0 aliphatic heterocycles. The Morgan fingerprint density at radius 2 is 0.969 bits per heavy atom. The van der Waals surface area contributed by atoms with Crippen LogP contribution >= 0.6 is 12.2 Å². The molecule has 7 heteroatoms. The molecular weight excluding hydrogens is 416 g/mol. The summed E-state index contributed by atoms with van der Waals surface area (Å²) in [5.74, 6) is 0. The number of rotatable bonds is 6. The molecule has 0 saturated carbocycles. The Labute approximate surface area is 191 Å². The summed E-state index contributed by atoms with van der Waals surface area (Å²) in [6.45, 7) is 0. The zero-order chi connectivity index (χ0) is 22.0. The van der Waals surface area contributed by atoms with Crippen molar-refractivity contribution in [1.82, 2.24) is 20.8 Å². The molecule has 0 aliphatic carbocycles. The molecule has 0 aliphatic rings. The van der Waals surface area contributed by atoms with Crippen molar-refractivity contribution in [2.45, 2.75) is 0 Å². The molecule has 4 rings (SSSR count). The lowest BCUT2D eigenvalue weighted by Crippen LogP contribution is -2.30. The van der Waals surface area contributed by atoms with Gasteiger partial charge in [0.25, 0.3) is 0 Å². The van der Waals surface area contributed by atoms with Crippen molar-refractivity contribution in [3.05, 3.63) is 132 Å². The fourth-order valence-electron chi connectivity index (χ4n) is 2.98. The Morgan fingerprint density at radius 1 is 0.562 bits per heavy atom. The Bertz CT molecular complexity index is 1030. The van der Waals surface area contributed by atoms with Crippen LogP contribution in [-0.2, 0) is 0 Å². The number of nitrogens with zero attached hydrogens (tertiary/aromatic N) is 4. The molecular formula is C25H20N6S. The maximum atomic E-state index is 5.41. The van der Waals surface area contributed by atoms with Gasteiger partial charge in [-0.2, -0.15) is 10.2 Å². The van der Waals surface area contributed by atoms with E-state index in [1.54, 1.807) is 12.4 Å². The fraction of sp³-hybridized carbons (Fsp3) is 0. The van der Waals surface area contributed by atoms with Crippen LogP contribution in [0, 0.1) is 0 Å². The predicted octanol–water partition coefficient (Wildman–Crippen LogP) is 4.15. The Kier molecular flexibility index (Phi) is 7.03. The maximum Gasteiger partial charge on any atom is 0.207 e. The zero-order valence-electron chi connectivity index (χ0n) is 17.1. The molecule has 0 saturated heterocycles. The minimum Gasteiger partial charge on any atom is -0.255 e. The minimum absolute atomic E-state index is 0.249. The van der Waals surface area contributed by atoms with E-state index in [1.165, 1.54) is 0 Å². The molecule has 4 aromatic rings. The molecule has 0 amide bonds. The van der Waals surface area contributed by atoms with Crippen molar-refractivity contribution < 1.29 is 0 Å². The molecule has 0 fully saturated rings. The molecule has 32 heavy (non-hydrogen) atoms. The third-order valence-electron chi connectivity index (χ3n) is 4.45. The molecule has 0 unspecified atom stereocenters. The van der Waals surface area contributed by atoms with Gasteiger partial charge in [-0.05, 0) is 36.5 Å². The second kappa shape index (κ2) is 10.7. The van der Waals surface area contributed by atoms with E-state index in [0.717, 1.165) is 22.5 Å². The third kappa shape index (κ3) is 5.47. The molecule has 2 aromatic heterocycles. The van der Waals surface area contributed by atoms with Gasteiger partial charge in [-0.3, -0.25) is 20.8 Å². The minimum atomic E-state index is 0.249. The fourth-order valence-corrected chi connectivity index (χ4v) is 3.07. The van der Waals surface area contributed by atoms with Crippen molar-refractivity contribution >= 4 is 28.8 Å². The Hall–Kier alpha value is -4.23. The second-order valence-corrected chi connectivity index (χ2v) is 7.04. The number of pyridine rings is 2. The van der Waals surface area contributed by atoms with Crippen LogP contribution in [0.4, 0.5) is 0 Å². The van der Waals surface area contributed by atoms with E-state index in [-0.39, 0.29) is 5.11 Å². The number of hydrazone groups is 2. The highest BCUT2D eigenvalue weighted by Crippen LogP contribution is 2.09. The van der Waals surface area contributed by atoms with Crippen molar-refractivity contribution in [3.63, 3.8) is 0 Å². The quantitative estimate of drug-likeness (QED) is 0.270. The monoisotopic (exact) mass is 436 g/mol. The predicted molar refractivity (Wildman–Crippen MR) is 132 cm³/mol. The van der Waals surface area contributed by atoms with Crippen LogP contribution in [0.1, 0.15) is 22.5 Å². The van der Waals surface area contributed by atoms with Crippen LogP contribution in [0.3, 0.4) is 0 Å². The summed E-state index contributed by atoms with van der Waals surface area (Å²) in [7, 11) is 0. The van der Waals surface area contributed by atoms with Gasteiger partial charge >= 0.3 is 0 Å². The van der Waals surface area contributed by atoms with Crippen LogP contribution in [-0.4, -0.2) is 26.5 Å². The van der Waals surface area contributed by atoms with Crippen molar-refractivity contribution in [3.8, 4) is 0 Å². The van der Waals surface area contributed by atoms with Gasteiger partial charge in [-0.25, -0.2) is 0 Å². The van der Waals surface area contributed by atoms with Gasteiger partial charge < -0.3 is 0 Å². The molecule has 2 aromatic carbocycles. The molecule has 0 radical (unpaired) electrons. The molecule has 6 nitrogen and oxygen atoms in total. The highest BCUT2D eigenvalue weighted by molar-refractivity contribution is 7.80. The first-order valence-corrected chi connectivity index (χ1v) is 10.4. The van der Waals surface area contributed by atoms with Crippen LogP contribution in [0.15, 0.2) is 120 Å². The van der Waals surface area contributed by atoms with Crippen LogP contribution in [0.2, 0.25) is 0 Å². The van der Waals surface area contributed by atoms with E-state index in [9.17, 15) is 0 Å². The highest BCUT2D eigenvalue weighted by atomic mass is 32.1. The Balaban J connectivity index is 1.57. The first-order chi connectivity index (χ1) is 15.8. The molecule has 0 atom stereocenters. The number of benzene rings is 2. The summed E-state index contributed by atoms with van der Waals surface area (Å²) in [6, 6.07) is 31.0. The normalized spacial score (nSPS) is 11.6. The molecule has 2 heterocycles. The topological polar surface area (TPSA) is 74.6 Å². The summed E-state index contributed by atoms with van der Waals surface area (Å²) in [5.41, 5.74) is 10.4. The maximum absolute atomic E-state index is 5.41. The lowest BCUT2D eigenvalue weighted by Gasteiger charge is -2.10. The lowest BCUT2D eigenvalue weighted by atomic mass is 10.1. The first-order valence-electron chi connectivity index (χ1n) is 9.96. The third-order valence-corrected chi connectivity index (χ3v) is 4.63. The van der Waals surface area contributed by atoms with E-state index < -0.39 is 0 Å². The summed E-state index contributed by atoms with van der Waals surface area (Å²) >= 11 is 5.41. The van der Waals surface area contributed by atoms with Gasteiger partial charge in [-0.1, -0.05) is 72.8 Å². The summed E-state index contributed by atoms with van der Waals surface area (Å²) in [6.07, 6.45) is 3.46. The van der Waals surface area contributed by atoms with E-state index in [0.29, 0.717) is 11.4 Å². The van der Waals surface area contributed by atoms with Gasteiger partial charge in [0.05, 0.1) is 11.4 Å². The van der Waals surface area contributed by atoms with E-state index in [2.05, 4.69) is 31.0 Å². The average molecular weight is 437 g/mol. The van der Waals surface area contributed by atoms with E-state index >= 15 is 0 Å². The van der Waals surface area contributed by atoms with Gasteiger partial charge in [0.1, 0.15) is 11.4 Å². The van der Waals surface area contributed by atoms with Crippen molar-refractivity contribution in [2.75, 3.05) is 0 Å². The number of aromatic nitrogens is 2.